The van der Waals surface area contributed by atoms with Gasteiger partial charge in [0.15, 0.2) is 0 Å². The van der Waals surface area contributed by atoms with Gasteiger partial charge in [-0.05, 0) is 94.8 Å². The molecule has 230 valence electrons. The molecular weight excluding hydrogens is 541 g/mol. The van der Waals surface area contributed by atoms with Crippen LogP contribution in [0.2, 0.25) is 0 Å². The fourth-order valence-electron chi connectivity index (χ4n) is 8.17. The average Bonchev–Trinajstić information content (AvgIpc) is 3.63. The van der Waals surface area contributed by atoms with Gasteiger partial charge in [0.05, 0.1) is 0 Å². The van der Waals surface area contributed by atoms with Gasteiger partial charge in [0, 0.05) is 55.5 Å². The number of carbonyl (C=O) groups excluding carboxylic acids is 1. The van der Waals surface area contributed by atoms with Gasteiger partial charge in [0.2, 0.25) is 0 Å². The highest BCUT2D eigenvalue weighted by molar-refractivity contribution is 5.69. The van der Waals surface area contributed by atoms with E-state index in [2.05, 4.69) is 61.8 Å². The first kappa shape index (κ1) is 29.8. The molecule has 0 radical (unpaired) electrons. The molecule has 0 spiro atoms. The Balaban J connectivity index is 1.24. The number of halogens is 1. The Hall–Kier alpha value is -3.26. The van der Waals surface area contributed by atoms with Gasteiger partial charge in [-0.2, -0.15) is 0 Å². The summed E-state index contributed by atoms with van der Waals surface area (Å²) in [6, 6.07) is 16.0. The lowest BCUT2D eigenvalue weighted by molar-refractivity contribution is -0.152. The lowest BCUT2D eigenvalue weighted by atomic mass is 9.58. The number of rotatable bonds is 10. The van der Waals surface area contributed by atoms with Gasteiger partial charge in [-0.1, -0.05) is 36.8 Å². The minimum absolute atomic E-state index is 0.0952. The summed E-state index contributed by atoms with van der Waals surface area (Å²) in [4.78, 5) is 17.7. The molecule has 8 heteroatoms. The molecule has 43 heavy (non-hydrogen) atoms. The Morgan fingerprint density at radius 3 is 2.49 bits per heavy atom. The van der Waals surface area contributed by atoms with E-state index >= 15 is 0 Å². The molecule has 7 nitrogen and oxygen atoms in total. The van der Waals surface area contributed by atoms with E-state index in [9.17, 15) is 9.18 Å². The monoisotopic (exact) mass is 587 g/mol. The number of ether oxygens (including phenoxy) is 1. The molecule has 1 aliphatic carbocycles. The van der Waals surface area contributed by atoms with Crippen LogP contribution in [0.4, 0.5) is 10.1 Å². The number of benzene rings is 2. The number of esters is 1. The predicted molar refractivity (Wildman–Crippen MR) is 166 cm³/mol. The summed E-state index contributed by atoms with van der Waals surface area (Å²) in [6.45, 7) is 12.0. The molecular formula is C35H46FN5O2. The van der Waals surface area contributed by atoms with Gasteiger partial charge >= 0.3 is 5.97 Å². The summed E-state index contributed by atoms with van der Waals surface area (Å²) in [5.41, 5.74) is 3.22. The molecule has 3 fully saturated rings. The SMILES string of the molecule is CCC(=O)O[C@H]1CCC[C@@H]1[C@](Cn1cnnc1C)(c1cccc(F)c1)C1CCN(CC2CN(c3ccc(C)cc3)C2)CC1. The van der Waals surface area contributed by atoms with Crippen LogP contribution in [0.25, 0.3) is 0 Å². The van der Waals surface area contributed by atoms with Gasteiger partial charge in [-0.15, -0.1) is 10.2 Å². The molecule has 0 bridgehead atoms. The lowest BCUT2D eigenvalue weighted by Gasteiger charge is -2.51. The van der Waals surface area contributed by atoms with Crippen LogP contribution in [0.3, 0.4) is 0 Å². The first-order valence-corrected chi connectivity index (χ1v) is 16.2. The summed E-state index contributed by atoms with van der Waals surface area (Å²) < 4.78 is 23.2. The van der Waals surface area contributed by atoms with Gasteiger partial charge < -0.3 is 19.1 Å². The number of anilines is 1. The molecule has 3 heterocycles. The lowest BCUT2D eigenvalue weighted by Crippen LogP contribution is -2.55. The van der Waals surface area contributed by atoms with Crippen molar-refractivity contribution in [3.05, 3.63) is 77.6 Å². The van der Waals surface area contributed by atoms with Crippen molar-refractivity contribution in [3.8, 4) is 0 Å². The molecule has 2 aromatic carbocycles. The highest BCUT2D eigenvalue weighted by Crippen LogP contribution is 2.52. The normalized spacial score (nSPS) is 23.2. The molecule has 3 atom stereocenters. The van der Waals surface area contributed by atoms with Gasteiger partial charge in [0.1, 0.15) is 24.1 Å². The number of hydrogen-bond acceptors (Lipinski definition) is 6. The maximum Gasteiger partial charge on any atom is 0.305 e. The van der Waals surface area contributed by atoms with E-state index in [1.807, 2.05) is 19.9 Å². The summed E-state index contributed by atoms with van der Waals surface area (Å²) in [5.74, 6) is 1.56. The third-order valence-electron chi connectivity index (χ3n) is 10.5. The number of nitrogens with zero attached hydrogens (tertiary/aromatic N) is 5. The van der Waals surface area contributed by atoms with E-state index in [0.717, 1.165) is 76.2 Å². The van der Waals surface area contributed by atoms with E-state index in [-0.39, 0.29) is 23.8 Å². The van der Waals surface area contributed by atoms with Crippen LogP contribution in [0.1, 0.15) is 62.4 Å². The van der Waals surface area contributed by atoms with Crippen LogP contribution >= 0.6 is 0 Å². The van der Waals surface area contributed by atoms with E-state index in [1.165, 1.54) is 17.3 Å². The highest BCUT2D eigenvalue weighted by Gasteiger charge is 2.53. The Morgan fingerprint density at radius 2 is 1.81 bits per heavy atom. The topological polar surface area (TPSA) is 63.5 Å². The van der Waals surface area contributed by atoms with Crippen LogP contribution in [-0.2, 0) is 21.5 Å². The minimum Gasteiger partial charge on any atom is -0.462 e. The summed E-state index contributed by atoms with van der Waals surface area (Å²) in [7, 11) is 0. The van der Waals surface area contributed by atoms with Crippen molar-refractivity contribution in [2.75, 3.05) is 37.6 Å². The third-order valence-corrected chi connectivity index (χ3v) is 10.5. The number of likely N-dealkylation sites (tertiary alicyclic amines) is 1. The van der Waals surface area contributed by atoms with Crippen molar-refractivity contribution in [1.82, 2.24) is 19.7 Å². The van der Waals surface area contributed by atoms with Crippen molar-refractivity contribution in [2.45, 2.75) is 77.4 Å². The van der Waals surface area contributed by atoms with Crippen molar-refractivity contribution in [3.63, 3.8) is 0 Å². The van der Waals surface area contributed by atoms with Crippen molar-refractivity contribution >= 4 is 11.7 Å². The standard InChI is InChI=1S/C35H46FN5O2/c1-4-34(42)43-33-10-6-9-32(33)35(23-41-24-37-38-26(41)3,29-7-5-8-30(36)19-29)28-15-17-39(18-16-28)20-27-21-40(22-27)31-13-11-25(2)12-14-31/h5,7-8,11-14,19,24,27-28,32-33H,4,6,9-10,15-18,20-23H2,1-3H3/t32-,33-,35-/m0/s1. The Morgan fingerprint density at radius 1 is 1.05 bits per heavy atom. The fraction of sp³-hybridized carbons (Fsp3) is 0.571. The molecule has 6 rings (SSSR count). The molecule has 3 aliphatic rings. The predicted octanol–water partition coefficient (Wildman–Crippen LogP) is 5.94. The fourth-order valence-corrected chi connectivity index (χ4v) is 8.17. The minimum atomic E-state index is -0.408. The largest absolute Gasteiger partial charge is 0.462 e. The Labute approximate surface area is 255 Å². The first-order chi connectivity index (χ1) is 20.9. The second-order valence-corrected chi connectivity index (χ2v) is 13.2. The molecule has 0 N–H and O–H groups in total. The second kappa shape index (κ2) is 12.8. The zero-order valence-corrected chi connectivity index (χ0v) is 25.9. The van der Waals surface area contributed by atoms with Crippen LogP contribution in [0, 0.1) is 37.4 Å². The third kappa shape index (κ3) is 6.21. The van der Waals surface area contributed by atoms with E-state index in [1.54, 1.807) is 12.4 Å². The number of piperidine rings is 1. The number of hydrogen-bond donors (Lipinski definition) is 0. The molecule has 1 aromatic heterocycles. The van der Waals surface area contributed by atoms with Crippen LogP contribution < -0.4 is 4.90 Å². The summed E-state index contributed by atoms with van der Waals surface area (Å²) in [5, 5.41) is 8.50. The van der Waals surface area contributed by atoms with Crippen molar-refractivity contribution < 1.29 is 13.9 Å². The molecule has 0 amide bonds. The van der Waals surface area contributed by atoms with Gasteiger partial charge in [-0.3, -0.25) is 4.79 Å². The van der Waals surface area contributed by atoms with Crippen molar-refractivity contribution in [1.29, 1.82) is 0 Å². The molecule has 1 saturated carbocycles. The maximum atomic E-state index is 15.0. The number of carbonyl (C=O) groups is 1. The van der Waals surface area contributed by atoms with E-state index in [4.69, 9.17) is 4.74 Å². The smallest absolute Gasteiger partial charge is 0.305 e. The summed E-state index contributed by atoms with van der Waals surface area (Å²) >= 11 is 0. The number of aromatic nitrogens is 3. The zero-order valence-electron chi connectivity index (χ0n) is 25.9. The van der Waals surface area contributed by atoms with E-state index in [0.29, 0.717) is 24.8 Å². The summed E-state index contributed by atoms with van der Waals surface area (Å²) in [6.07, 6.45) is 6.85. The van der Waals surface area contributed by atoms with Crippen LogP contribution in [-0.4, -0.2) is 64.5 Å². The molecule has 0 unspecified atom stereocenters. The van der Waals surface area contributed by atoms with E-state index < -0.39 is 5.41 Å². The quantitative estimate of drug-likeness (QED) is 0.274. The second-order valence-electron chi connectivity index (χ2n) is 13.2. The Kier molecular flexibility index (Phi) is 8.85. The Bertz CT molecular complexity index is 1380. The van der Waals surface area contributed by atoms with Crippen molar-refractivity contribution in [2.24, 2.45) is 17.8 Å². The van der Waals surface area contributed by atoms with Gasteiger partial charge in [-0.25, -0.2) is 4.39 Å². The maximum absolute atomic E-state index is 15.0. The van der Waals surface area contributed by atoms with Crippen LogP contribution in [0.5, 0.6) is 0 Å². The average molecular weight is 588 g/mol. The zero-order chi connectivity index (χ0) is 30.0. The van der Waals surface area contributed by atoms with Crippen LogP contribution in [0.15, 0.2) is 54.9 Å². The molecule has 3 aromatic rings. The molecule has 2 saturated heterocycles. The highest BCUT2D eigenvalue weighted by atomic mass is 19.1. The number of aryl methyl sites for hydroxylation is 2. The molecule has 2 aliphatic heterocycles. The first-order valence-electron chi connectivity index (χ1n) is 16.2. The van der Waals surface area contributed by atoms with Gasteiger partial charge in [0.25, 0.3) is 0 Å².